The Kier molecular flexibility index (Phi) is 5.57. The Balaban J connectivity index is 2.11. The molecule has 0 aromatic heterocycles. The van der Waals surface area contributed by atoms with Gasteiger partial charge in [0.1, 0.15) is 0 Å². The monoisotopic (exact) mass is 257 g/mol. The Morgan fingerprint density at radius 2 is 1.89 bits per heavy atom. The number of carbonyl (C=O) groups excluding carboxylic acids is 3. The van der Waals surface area contributed by atoms with Crippen molar-refractivity contribution in [2.45, 2.75) is 25.8 Å². The summed E-state index contributed by atoms with van der Waals surface area (Å²) in [6.07, 6.45) is 1.87. The number of carbonyl (C=O) groups is 3. The second kappa shape index (κ2) is 6.95. The third kappa shape index (κ3) is 4.70. The van der Waals surface area contributed by atoms with Crippen LogP contribution in [0.2, 0.25) is 0 Å². The predicted molar refractivity (Wildman–Crippen MR) is 63.4 cm³/mol. The smallest absolute Gasteiger partial charge is 0.332 e. The fourth-order valence-corrected chi connectivity index (χ4v) is 1.31. The molecule has 0 heterocycles. The number of ether oxygens (including phenoxy) is 1. The van der Waals surface area contributed by atoms with E-state index in [1.165, 1.54) is 0 Å². The van der Waals surface area contributed by atoms with Crippen molar-refractivity contribution in [3.05, 3.63) is 0 Å². The molecule has 0 aliphatic heterocycles. The van der Waals surface area contributed by atoms with Gasteiger partial charge < -0.3 is 21.1 Å². The third-order valence-corrected chi connectivity index (χ3v) is 2.49. The molecule has 1 rings (SSSR count). The maximum Gasteiger partial charge on any atom is 0.332 e. The van der Waals surface area contributed by atoms with Crippen LogP contribution >= 0.6 is 0 Å². The topological polar surface area (TPSA) is 111 Å². The quantitative estimate of drug-likeness (QED) is 0.292. The molecule has 1 atom stereocenters. The summed E-state index contributed by atoms with van der Waals surface area (Å²) >= 11 is 0. The second-order valence-electron chi connectivity index (χ2n) is 4.09. The van der Waals surface area contributed by atoms with Gasteiger partial charge in [-0.2, -0.15) is 0 Å². The zero-order valence-electron chi connectivity index (χ0n) is 10.4. The van der Waals surface area contributed by atoms with Gasteiger partial charge in [-0.15, -0.1) is 0 Å². The first-order valence-corrected chi connectivity index (χ1v) is 6.04. The van der Waals surface area contributed by atoms with E-state index in [9.17, 15) is 14.4 Å². The molecule has 7 heteroatoms. The first-order valence-electron chi connectivity index (χ1n) is 6.04. The lowest BCUT2D eigenvalue weighted by Gasteiger charge is -2.11. The maximum atomic E-state index is 11.4. The number of esters is 1. The zero-order chi connectivity index (χ0) is 13.5. The summed E-state index contributed by atoms with van der Waals surface area (Å²) in [5, 5.41) is 5.14. The van der Waals surface area contributed by atoms with Crippen LogP contribution in [0.5, 0.6) is 0 Å². The Hall–Kier alpha value is -1.63. The van der Waals surface area contributed by atoms with E-state index < -0.39 is 17.9 Å². The lowest BCUT2D eigenvalue weighted by Crippen LogP contribution is -2.48. The summed E-state index contributed by atoms with van der Waals surface area (Å²) < 4.78 is 4.61. The highest BCUT2D eigenvalue weighted by Gasteiger charge is 2.29. The summed E-state index contributed by atoms with van der Waals surface area (Å²) in [6, 6.07) is -1.32. The second-order valence-corrected chi connectivity index (χ2v) is 4.09. The molecular weight excluding hydrogens is 238 g/mol. The van der Waals surface area contributed by atoms with Crippen molar-refractivity contribution in [2.24, 2.45) is 11.7 Å². The molecule has 4 N–H and O–H groups in total. The van der Waals surface area contributed by atoms with Crippen LogP contribution in [0.4, 0.5) is 0 Å². The number of hydrogen-bond donors (Lipinski definition) is 3. The molecular formula is C11H19N3O4. The van der Waals surface area contributed by atoms with Gasteiger partial charge in [-0.3, -0.25) is 9.59 Å². The number of hydrogen-bond acceptors (Lipinski definition) is 5. The highest BCUT2D eigenvalue weighted by Crippen LogP contribution is 2.28. The fourth-order valence-electron chi connectivity index (χ4n) is 1.31. The van der Waals surface area contributed by atoms with Gasteiger partial charge in [0.2, 0.25) is 11.8 Å². The van der Waals surface area contributed by atoms with Crippen LogP contribution in [0.3, 0.4) is 0 Å². The lowest BCUT2D eigenvalue weighted by atomic mass is 10.3. The van der Waals surface area contributed by atoms with E-state index in [0.717, 1.165) is 12.8 Å². The van der Waals surface area contributed by atoms with E-state index in [-0.39, 0.29) is 25.0 Å². The molecule has 1 aliphatic carbocycles. The predicted octanol–water partition coefficient (Wildman–Crippen LogP) is -1.48. The summed E-state index contributed by atoms with van der Waals surface area (Å²) in [7, 11) is 0. The molecule has 1 aliphatic rings. The number of amides is 2. The van der Waals surface area contributed by atoms with Crippen molar-refractivity contribution in [3.63, 3.8) is 0 Å². The fraction of sp³-hybridized carbons (Fsp3) is 0.727. The molecule has 0 radical (unpaired) electrons. The van der Waals surface area contributed by atoms with Crippen molar-refractivity contribution in [1.82, 2.24) is 10.6 Å². The van der Waals surface area contributed by atoms with Crippen molar-refractivity contribution in [3.8, 4) is 0 Å². The van der Waals surface area contributed by atoms with Crippen LogP contribution in [-0.4, -0.2) is 43.5 Å². The molecule has 2 amide bonds. The van der Waals surface area contributed by atoms with E-state index in [2.05, 4.69) is 15.4 Å². The molecule has 0 saturated heterocycles. The lowest BCUT2D eigenvalue weighted by molar-refractivity contribution is -0.148. The molecule has 1 fully saturated rings. The SMILES string of the molecule is CCOC(=O)C(N)C(=O)NCCNC(=O)C1CC1. The van der Waals surface area contributed by atoms with Gasteiger partial charge in [0.15, 0.2) is 6.04 Å². The molecule has 7 nitrogen and oxygen atoms in total. The molecule has 0 bridgehead atoms. The first kappa shape index (κ1) is 14.4. The summed E-state index contributed by atoms with van der Waals surface area (Å²) in [4.78, 5) is 33.8. The minimum atomic E-state index is -1.32. The molecule has 1 unspecified atom stereocenters. The summed E-state index contributed by atoms with van der Waals surface area (Å²) in [5.41, 5.74) is 5.37. The van der Waals surface area contributed by atoms with E-state index in [1.807, 2.05) is 0 Å². The minimum Gasteiger partial charge on any atom is -0.464 e. The Bertz CT molecular complexity index is 328. The van der Waals surface area contributed by atoms with Crippen molar-refractivity contribution in [2.75, 3.05) is 19.7 Å². The first-order chi connectivity index (χ1) is 8.56. The van der Waals surface area contributed by atoms with Crippen molar-refractivity contribution < 1.29 is 19.1 Å². The molecule has 18 heavy (non-hydrogen) atoms. The van der Waals surface area contributed by atoms with E-state index in [4.69, 9.17) is 5.73 Å². The van der Waals surface area contributed by atoms with Gasteiger partial charge in [0.25, 0.3) is 0 Å². The standard InChI is InChI=1S/C11H19N3O4/c1-2-18-11(17)8(12)10(16)14-6-5-13-9(15)7-3-4-7/h7-8H,2-6,12H2,1H3,(H,13,15)(H,14,16). The van der Waals surface area contributed by atoms with Gasteiger partial charge in [0, 0.05) is 19.0 Å². The number of nitrogens with two attached hydrogens (primary N) is 1. The van der Waals surface area contributed by atoms with Gasteiger partial charge in [0.05, 0.1) is 6.61 Å². The molecule has 1 saturated carbocycles. The van der Waals surface area contributed by atoms with Crippen LogP contribution in [0, 0.1) is 5.92 Å². The Morgan fingerprint density at radius 3 is 2.44 bits per heavy atom. The van der Waals surface area contributed by atoms with Crippen LogP contribution in [-0.2, 0) is 19.1 Å². The van der Waals surface area contributed by atoms with Crippen molar-refractivity contribution >= 4 is 17.8 Å². The number of nitrogens with one attached hydrogen (secondary N) is 2. The van der Waals surface area contributed by atoms with Gasteiger partial charge in [-0.25, -0.2) is 4.79 Å². The maximum absolute atomic E-state index is 11.4. The third-order valence-electron chi connectivity index (χ3n) is 2.49. The Morgan fingerprint density at radius 1 is 1.28 bits per heavy atom. The van der Waals surface area contributed by atoms with E-state index in [0.29, 0.717) is 6.54 Å². The summed E-state index contributed by atoms with van der Waals surface area (Å²) in [6.45, 7) is 2.38. The van der Waals surface area contributed by atoms with Crippen LogP contribution in [0.25, 0.3) is 0 Å². The van der Waals surface area contributed by atoms with Crippen LogP contribution in [0.1, 0.15) is 19.8 Å². The molecule has 0 aromatic carbocycles. The van der Waals surface area contributed by atoms with Gasteiger partial charge in [-0.05, 0) is 19.8 Å². The normalized spacial score (nSPS) is 15.7. The van der Waals surface area contributed by atoms with E-state index >= 15 is 0 Å². The highest BCUT2D eigenvalue weighted by atomic mass is 16.5. The minimum absolute atomic E-state index is 0.0129. The van der Waals surface area contributed by atoms with Crippen LogP contribution < -0.4 is 16.4 Å². The Labute approximate surface area is 105 Å². The molecule has 0 aromatic rings. The molecule has 0 spiro atoms. The molecule has 102 valence electrons. The number of rotatable bonds is 7. The average Bonchev–Trinajstić information content (AvgIpc) is 3.17. The van der Waals surface area contributed by atoms with Gasteiger partial charge in [-0.1, -0.05) is 0 Å². The summed E-state index contributed by atoms with van der Waals surface area (Å²) in [5.74, 6) is -1.20. The largest absolute Gasteiger partial charge is 0.464 e. The average molecular weight is 257 g/mol. The van der Waals surface area contributed by atoms with Crippen LogP contribution in [0.15, 0.2) is 0 Å². The highest BCUT2D eigenvalue weighted by molar-refractivity contribution is 6.01. The van der Waals surface area contributed by atoms with E-state index in [1.54, 1.807) is 6.92 Å². The zero-order valence-corrected chi connectivity index (χ0v) is 10.4. The van der Waals surface area contributed by atoms with Gasteiger partial charge >= 0.3 is 5.97 Å². The van der Waals surface area contributed by atoms with Crippen molar-refractivity contribution in [1.29, 1.82) is 0 Å².